The summed E-state index contributed by atoms with van der Waals surface area (Å²) >= 11 is 0.855. The molecular formula is C22H25NO9S. The number of benzene rings is 1. The van der Waals surface area contributed by atoms with E-state index in [0.29, 0.717) is 17.1 Å². The molecule has 1 aromatic heterocycles. The second kappa shape index (κ2) is 11.3. The molecule has 0 aliphatic carbocycles. The second-order valence-electron chi connectivity index (χ2n) is 6.90. The van der Waals surface area contributed by atoms with Crippen LogP contribution in [0.15, 0.2) is 18.2 Å². The van der Waals surface area contributed by atoms with Crippen LogP contribution < -0.4 is 14.8 Å². The van der Waals surface area contributed by atoms with E-state index in [9.17, 15) is 19.2 Å². The third kappa shape index (κ3) is 6.22. The predicted molar refractivity (Wildman–Crippen MR) is 119 cm³/mol. The zero-order valence-corrected chi connectivity index (χ0v) is 19.9. The van der Waals surface area contributed by atoms with Gasteiger partial charge >= 0.3 is 17.9 Å². The Bertz CT molecular complexity index is 1060. The van der Waals surface area contributed by atoms with Crippen LogP contribution in [0, 0.1) is 6.92 Å². The van der Waals surface area contributed by atoms with Gasteiger partial charge in [0.2, 0.25) is 0 Å². The van der Waals surface area contributed by atoms with Crippen LogP contribution in [-0.4, -0.2) is 57.9 Å². The highest BCUT2D eigenvalue weighted by molar-refractivity contribution is 7.18. The Labute approximate surface area is 194 Å². The Morgan fingerprint density at radius 3 is 2.21 bits per heavy atom. The standard InChI is InChI=1S/C22H25NO9S/c1-11(2)32-14-8-7-13(9-15(14)28-4)20(25)31-10-16(24)23-19-17(21(26)29-5)12(3)18(33-19)22(27)30-6/h7-9,11H,10H2,1-6H3,(H,23,24). The SMILES string of the molecule is COC(=O)c1sc(NC(=O)COC(=O)c2ccc(OC(C)C)c(OC)c2)c(C(=O)OC)c1C. The average Bonchev–Trinajstić information content (AvgIpc) is 3.11. The molecule has 0 aliphatic rings. The molecule has 0 saturated heterocycles. The topological polar surface area (TPSA) is 126 Å². The van der Waals surface area contributed by atoms with Gasteiger partial charge in [0.15, 0.2) is 18.1 Å². The van der Waals surface area contributed by atoms with Gasteiger partial charge in [-0.05, 0) is 44.5 Å². The second-order valence-corrected chi connectivity index (χ2v) is 7.92. The van der Waals surface area contributed by atoms with E-state index in [1.807, 2.05) is 13.8 Å². The van der Waals surface area contributed by atoms with E-state index < -0.39 is 30.4 Å². The molecular weight excluding hydrogens is 454 g/mol. The molecule has 0 bridgehead atoms. The van der Waals surface area contributed by atoms with Crippen LogP contribution in [0.4, 0.5) is 5.00 Å². The zero-order chi connectivity index (χ0) is 24.7. The van der Waals surface area contributed by atoms with E-state index in [4.69, 9.17) is 23.7 Å². The summed E-state index contributed by atoms with van der Waals surface area (Å²) in [5.74, 6) is -2.06. The number of thiophene rings is 1. The molecule has 2 rings (SSSR count). The number of hydrogen-bond donors (Lipinski definition) is 1. The molecule has 0 fully saturated rings. The summed E-state index contributed by atoms with van der Waals surface area (Å²) in [6.07, 6.45) is -0.0872. The van der Waals surface area contributed by atoms with Gasteiger partial charge in [-0.1, -0.05) is 0 Å². The quantitative estimate of drug-likeness (QED) is 0.426. The number of hydrogen-bond acceptors (Lipinski definition) is 10. The summed E-state index contributed by atoms with van der Waals surface area (Å²) in [6.45, 7) is 4.62. The van der Waals surface area contributed by atoms with Crippen molar-refractivity contribution < 1.29 is 42.9 Å². The van der Waals surface area contributed by atoms with E-state index in [1.54, 1.807) is 6.07 Å². The van der Waals surface area contributed by atoms with Gasteiger partial charge in [0, 0.05) is 0 Å². The number of nitrogens with one attached hydrogen (secondary N) is 1. The lowest BCUT2D eigenvalue weighted by atomic mass is 10.1. The lowest BCUT2D eigenvalue weighted by molar-refractivity contribution is -0.119. The summed E-state index contributed by atoms with van der Waals surface area (Å²) in [7, 11) is 3.82. The highest BCUT2D eigenvalue weighted by Gasteiger charge is 2.27. The molecule has 1 N–H and O–H groups in total. The van der Waals surface area contributed by atoms with E-state index >= 15 is 0 Å². The smallest absolute Gasteiger partial charge is 0.348 e. The Kier molecular flexibility index (Phi) is 8.80. The van der Waals surface area contributed by atoms with Gasteiger partial charge in [0.25, 0.3) is 5.91 Å². The van der Waals surface area contributed by atoms with E-state index in [-0.39, 0.29) is 27.1 Å². The van der Waals surface area contributed by atoms with Crippen molar-refractivity contribution in [2.45, 2.75) is 26.9 Å². The van der Waals surface area contributed by atoms with Crippen molar-refractivity contribution in [1.29, 1.82) is 0 Å². The number of methoxy groups -OCH3 is 3. The Hall–Kier alpha value is -3.60. The lowest BCUT2D eigenvalue weighted by Crippen LogP contribution is -2.21. The summed E-state index contributed by atoms with van der Waals surface area (Å²) in [6, 6.07) is 4.50. The number of ether oxygens (including phenoxy) is 5. The molecule has 1 amide bonds. The molecule has 2 aromatic rings. The highest BCUT2D eigenvalue weighted by Crippen LogP contribution is 2.34. The van der Waals surface area contributed by atoms with Crippen molar-refractivity contribution >= 4 is 40.2 Å². The van der Waals surface area contributed by atoms with Crippen LogP contribution in [0.2, 0.25) is 0 Å². The summed E-state index contributed by atoms with van der Waals surface area (Å²) in [4.78, 5) is 49.0. The minimum atomic E-state index is -0.759. The van der Waals surface area contributed by atoms with E-state index in [1.165, 1.54) is 40.4 Å². The Morgan fingerprint density at radius 1 is 0.970 bits per heavy atom. The van der Waals surface area contributed by atoms with Gasteiger partial charge in [0.05, 0.1) is 38.6 Å². The largest absolute Gasteiger partial charge is 0.493 e. The fourth-order valence-corrected chi connectivity index (χ4v) is 3.89. The summed E-state index contributed by atoms with van der Waals surface area (Å²) < 4.78 is 25.3. The lowest BCUT2D eigenvalue weighted by Gasteiger charge is -2.14. The molecule has 0 unspecified atom stereocenters. The minimum absolute atomic E-state index is 0.0213. The van der Waals surface area contributed by atoms with Gasteiger partial charge in [-0.25, -0.2) is 14.4 Å². The molecule has 10 nitrogen and oxygen atoms in total. The van der Waals surface area contributed by atoms with Crippen molar-refractivity contribution in [2.75, 3.05) is 33.3 Å². The molecule has 178 valence electrons. The number of esters is 3. The number of amides is 1. The maximum atomic E-state index is 12.4. The number of carbonyl (C=O) groups excluding carboxylic acids is 4. The predicted octanol–water partition coefficient (Wildman–Crippen LogP) is 3.22. The van der Waals surface area contributed by atoms with Crippen LogP contribution in [-0.2, 0) is 19.0 Å². The Morgan fingerprint density at radius 2 is 1.64 bits per heavy atom. The van der Waals surface area contributed by atoms with Gasteiger partial charge in [-0.15, -0.1) is 11.3 Å². The van der Waals surface area contributed by atoms with Crippen LogP contribution in [0.3, 0.4) is 0 Å². The summed E-state index contributed by atoms with van der Waals surface area (Å²) in [5.41, 5.74) is 0.487. The highest BCUT2D eigenvalue weighted by atomic mass is 32.1. The summed E-state index contributed by atoms with van der Waals surface area (Å²) in [5, 5.41) is 2.56. The van der Waals surface area contributed by atoms with Gasteiger partial charge in [-0.2, -0.15) is 0 Å². The molecule has 0 saturated carbocycles. The van der Waals surface area contributed by atoms with Crippen LogP contribution in [0.1, 0.15) is 49.8 Å². The zero-order valence-electron chi connectivity index (χ0n) is 19.1. The molecule has 0 spiro atoms. The molecule has 0 radical (unpaired) electrons. The average molecular weight is 480 g/mol. The normalized spacial score (nSPS) is 10.4. The monoisotopic (exact) mass is 479 g/mol. The van der Waals surface area contributed by atoms with Crippen LogP contribution >= 0.6 is 11.3 Å². The molecule has 1 heterocycles. The first-order valence-electron chi connectivity index (χ1n) is 9.74. The third-order valence-corrected chi connectivity index (χ3v) is 5.44. The number of rotatable bonds is 9. The fourth-order valence-electron chi connectivity index (χ4n) is 2.76. The maximum absolute atomic E-state index is 12.4. The van der Waals surface area contributed by atoms with Crippen LogP contribution in [0.5, 0.6) is 11.5 Å². The first-order valence-corrected chi connectivity index (χ1v) is 10.6. The van der Waals surface area contributed by atoms with E-state index in [0.717, 1.165) is 11.3 Å². The van der Waals surface area contributed by atoms with Gasteiger partial charge in [-0.3, -0.25) is 4.79 Å². The maximum Gasteiger partial charge on any atom is 0.348 e. The van der Waals surface area contributed by atoms with Crippen LogP contribution in [0.25, 0.3) is 0 Å². The number of carbonyl (C=O) groups is 4. The van der Waals surface area contributed by atoms with Crippen molar-refractivity contribution in [3.63, 3.8) is 0 Å². The number of anilines is 1. The van der Waals surface area contributed by atoms with E-state index in [2.05, 4.69) is 5.32 Å². The van der Waals surface area contributed by atoms with Gasteiger partial charge < -0.3 is 29.0 Å². The Balaban J connectivity index is 2.12. The van der Waals surface area contributed by atoms with Crippen molar-refractivity contribution in [2.24, 2.45) is 0 Å². The molecule has 0 aliphatic heterocycles. The van der Waals surface area contributed by atoms with Crippen molar-refractivity contribution in [1.82, 2.24) is 0 Å². The first-order chi connectivity index (χ1) is 15.6. The van der Waals surface area contributed by atoms with Gasteiger partial charge in [0.1, 0.15) is 9.88 Å². The fraction of sp³-hybridized carbons (Fsp3) is 0.364. The van der Waals surface area contributed by atoms with Crippen molar-refractivity contribution in [3.05, 3.63) is 39.8 Å². The third-order valence-electron chi connectivity index (χ3n) is 4.26. The molecule has 1 aromatic carbocycles. The molecule has 11 heteroatoms. The van der Waals surface area contributed by atoms with Crippen molar-refractivity contribution in [3.8, 4) is 11.5 Å². The minimum Gasteiger partial charge on any atom is -0.493 e. The molecule has 0 atom stereocenters. The first kappa shape index (κ1) is 25.7. The molecule has 33 heavy (non-hydrogen) atoms.